The van der Waals surface area contributed by atoms with Crippen molar-refractivity contribution in [2.45, 2.75) is 26.3 Å². The van der Waals surface area contributed by atoms with Gasteiger partial charge in [-0.05, 0) is 0 Å². The van der Waals surface area contributed by atoms with E-state index in [1.54, 1.807) is 6.20 Å². The zero-order valence-corrected chi connectivity index (χ0v) is 13.2. The fourth-order valence-corrected chi connectivity index (χ4v) is 2.78. The second-order valence-electron chi connectivity index (χ2n) is 5.35. The van der Waals surface area contributed by atoms with Crippen LogP contribution < -0.4 is 9.93 Å². The standard InChI is InChI=1S/C14H15AsN4O/c1-7(2)10-6-11-8(13(20)18-10)5-12(17-11)9-3-4-16-14(15)19-9/h3-5,7,10,17H,6H2,1-2H3,(H,18,20). The number of fused-ring (bicyclic) bond motifs is 1. The van der Waals surface area contributed by atoms with Crippen LogP contribution >= 0.6 is 0 Å². The van der Waals surface area contributed by atoms with E-state index in [1.807, 2.05) is 12.1 Å². The molecule has 0 saturated carbocycles. The van der Waals surface area contributed by atoms with E-state index in [9.17, 15) is 4.79 Å². The molecule has 2 aromatic heterocycles. The summed E-state index contributed by atoms with van der Waals surface area (Å²) in [6.07, 6.45) is 2.55. The average Bonchev–Trinajstić information content (AvgIpc) is 2.83. The molecule has 1 atom stereocenters. The molecule has 3 rings (SSSR count). The summed E-state index contributed by atoms with van der Waals surface area (Å²) in [5.74, 6) is 0.409. The second-order valence-corrected chi connectivity index (χ2v) is 6.18. The third-order valence-electron chi connectivity index (χ3n) is 3.61. The molecule has 1 aliphatic rings. The number of hydrogen-bond acceptors (Lipinski definition) is 3. The quantitative estimate of drug-likeness (QED) is 0.791. The van der Waals surface area contributed by atoms with Gasteiger partial charge < -0.3 is 0 Å². The first-order chi connectivity index (χ1) is 9.54. The van der Waals surface area contributed by atoms with E-state index in [2.05, 4.69) is 51.0 Å². The molecule has 2 aromatic rings. The molecular weight excluding hydrogens is 315 g/mol. The summed E-state index contributed by atoms with van der Waals surface area (Å²) in [5.41, 5.74) is 3.39. The number of aromatic amines is 1. The van der Waals surface area contributed by atoms with Crippen molar-refractivity contribution in [3.8, 4) is 11.4 Å². The summed E-state index contributed by atoms with van der Waals surface area (Å²) < 4.78 is 0.659. The first kappa shape index (κ1) is 13.4. The molecule has 2 radical (unpaired) electrons. The number of carbonyl (C=O) groups is 1. The van der Waals surface area contributed by atoms with Gasteiger partial charge in [0, 0.05) is 0 Å². The van der Waals surface area contributed by atoms with Crippen molar-refractivity contribution in [1.29, 1.82) is 0 Å². The number of amides is 1. The van der Waals surface area contributed by atoms with E-state index in [0.717, 1.165) is 29.1 Å². The van der Waals surface area contributed by atoms with Crippen LogP contribution in [0, 0.1) is 5.92 Å². The van der Waals surface area contributed by atoms with Gasteiger partial charge in [-0.15, -0.1) is 0 Å². The maximum atomic E-state index is 12.1. The van der Waals surface area contributed by atoms with E-state index >= 15 is 0 Å². The van der Waals surface area contributed by atoms with Crippen LogP contribution in [0.25, 0.3) is 11.4 Å². The first-order valence-corrected chi connectivity index (χ1v) is 7.53. The predicted octanol–water partition coefficient (Wildman–Crippen LogP) is 0.576. The van der Waals surface area contributed by atoms with Gasteiger partial charge in [0.15, 0.2) is 0 Å². The van der Waals surface area contributed by atoms with Gasteiger partial charge in [-0.2, -0.15) is 0 Å². The van der Waals surface area contributed by atoms with Gasteiger partial charge >= 0.3 is 126 Å². The number of rotatable bonds is 2. The topological polar surface area (TPSA) is 70.7 Å². The van der Waals surface area contributed by atoms with Crippen molar-refractivity contribution in [1.82, 2.24) is 20.3 Å². The predicted molar refractivity (Wildman–Crippen MR) is 77.0 cm³/mol. The van der Waals surface area contributed by atoms with Crippen molar-refractivity contribution in [3.63, 3.8) is 0 Å². The molecule has 2 N–H and O–H groups in total. The molecule has 20 heavy (non-hydrogen) atoms. The fourth-order valence-electron chi connectivity index (χ4n) is 2.42. The Bertz CT molecular complexity index is 665. The van der Waals surface area contributed by atoms with Crippen LogP contribution in [-0.4, -0.2) is 43.8 Å². The third-order valence-corrected chi connectivity index (χ3v) is 4.06. The summed E-state index contributed by atoms with van der Waals surface area (Å²) in [6, 6.07) is 3.90. The second kappa shape index (κ2) is 5.06. The molecule has 0 aliphatic carbocycles. The molecule has 6 heteroatoms. The first-order valence-electron chi connectivity index (χ1n) is 6.59. The number of nitrogens with zero attached hydrogens (tertiary/aromatic N) is 2. The monoisotopic (exact) mass is 330 g/mol. The molecular formula is C14H15AsN4O. The van der Waals surface area contributed by atoms with Crippen LogP contribution in [0.2, 0.25) is 0 Å². The summed E-state index contributed by atoms with van der Waals surface area (Å²) >= 11 is 2.32. The average molecular weight is 330 g/mol. The summed E-state index contributed by atoms with van der Waals surface area (Å²) in [6.45, 7) is 4.23. The Morgan fingerprint density at radius 1 is 1.45 bits per heavy atom. The Kier molecular flexibility index (Phi) is 3.38. The van der Waals surface area contributed by atoms with Gasteiger partial charge in [0.2, 0.25) is 0 Å². The molecule has 1 aliphatic heterocycles. The van der Waals surface area contributed by atoms with Gasteiger partial charge in [-0.25, -0.2) is 0 Å². The molecule has 0 fully saturated rings. The Balaban J connectivity index is 1.99. The van der Waals surface area contributed by atoms with Crippen LogP contribution in [0.4, 0.5) is 0 Å². The number of nitrogens with one attached hydrogen (secondary N) is 2. The Morgan fingerprint density at radius 3 is 2.95 bits per heavy atom. The number of H-pyrrole nitrogens is 1. The summed E-state index contributed by atoms with van der Waals surface area (Å²) in [5, 5.41) is 3.05. The molecule has 0 saturated heterocycles. The van der Waals surface area contributed by atoms with Crippen molar-refractivity contribution in [2.75, 3.05) is 0 Å². The molecule has 102 valence electrons. The Labute approximate surface area is 126 Å². The van der Waals surface area contributed by atoms with E-state index in [1.165, 1.54) is 0 Å². The molecule has 0 spiro atoms. The maximum absolute atomic E-state index is 12.1. The van der Waals surface area contributed by atoms with Gasteiger partial charge in [0.05, 0.1) is 0 Å². The van der Waals surface area contributed by atoms with Crippen LogP contribution in [0.1, 0.15) is 29.9 Å². The molecule has 1 unspecified atom stereocenters. The SMILES string of the molecule is CC(C)C1Cc2[nH]c(-c3ccnc([As])n3)cc2C(=O)N1. The minimum atomic E-state index is -0.00555. The van der Waals surface area contributed by atoms with Crippen molar-refractivity contribution < 1.29 is 4.79 Å². The van der Waals surface area contributed by atoms with Crippen molar-refractivity contribution in [3.05, 3.63) is 29.6 Å². The molecule has 0 bridgehead atoms. The van der Waals surface area contributed by atoms with Crippen molar-refractivity contribution in [2.24, 2.45) is 5.92 Å². The molecule has 3 heterocycles. The number of carbonyl (C=O) groups excluding carboxylic acids is 1. The van der Waals surface area contributed by atoms with E-state index in [-0.39, 0.29) is 11.9 Å². The van der Waals surface area contributed by atoms with Crippen molar-refractivity contribution >= 4 is 27.4 Å². The third kappa shape index (κ3) is 2.38. The zero-order valence-electron chi connectivity index (χ0n) is 11.3. The van der Waals surface area contributed by atoms with Crippen LogP contribution in [0.3, 0.4) is 0 Å². The summed E-state index contributed by atoms with van der Waals surface area (Å²) in [4.78, 5) is 23.9. The Hall–Kier alpha value is -1.61. The minimum absolute atomic E-state index is 0.00555. The molecule has 1 amide bonds. The van der Waals surface area contributed by atoms with Crippen LogP contribution in [0.5, 0.6) is 0 Å². The van der Waals surface area contributed by atoms with Crippen LogP contribution in [0.15, 0.2) is 18.3 Å². The van der Waals surface area contributed by atoms with E-state index in [4.69, 9.17) is 0 Å². The zero-order chi connectivity index (χ0) is 14.3. The fraction of sp³-hybridized carbons (Fsp3) is 0.357. The van der Waals surface area contributed by atoms with Gasteiger partial charge in [0.25, 0.3) is 0 Å². The number of aromatic nitrogens is 3. The van der Waals surface area contributed by atoms with Gasteiger partial charge in [-0.3, -0.25) is 0 Å². The Morgan fingerprint density at radius 2 is 2.25 bits per heavy atom. The van der Waals surface area contributed by atoms with Crippen LogP contribution in [-0.2, 0) is 6.42 Å². The molecule has 0 aromatic carbocycles. The van der Waals surface area contributed by atoms with Gasteiger partial charge in [-0.1, -0.05) is 0 Å². The van der Waals surface area contributed by atoms with E-state index < -0.39 is 0 Å². The summed E-state index contributed by atoms with van der Waals surface area (Å²) in [7, 11) is 0. The van der Waals surface area contributed by atoms with E-state index in [0.29, 0.717) is 10.5 Å². The molecule has 5 nitrogen and oxygen atoms in total. The number of hydrogen-bond donors (Lipinski definition) is 2. The normalized spacial score (nSPS) is 18.0. The van der Waals surface area contributed by atoms with Gasteiger partial charge in [0.1, 0.15) is 0 Å².